The number of Topliss-reactive ketones (excluding diaryl/α,β-unsaturated/α-hetero) is 1. The van der Waals surface area contributed by atoms with Crippen molar-refractivity contribution in [1.82, 2.24) is 0 Å². The fourth-order valence-electron chi connectivity index (χ4n) is 2.42. The van der Waals surface area contributed by atoms with E-state index in [4.69, 9.17) is 15.2 Å². The molecule has 0 spiro atoms. The Labute approximate surface area is 153 Å². The van der Waals surface area contributed by atoms with Gasteiger partial charge in [0, 0.05) is 5.56 Å². The molecule has 1 aromatic rings. The van der Waals surface area contributed by atoms with Crippen LogP contribution >= 0.6 is 0 Å². The highest BCUT2D eigenvalue weighted by Crippen LogP contribution is 2.37. The number of nitrogens with two attached hydrogens (primary N) is 1. The molecule has 3 rings (SSSR count). The van der Waals surface area contributed by atoms with Crippen LogP contribution < -0.4 is 15.2 Å². The molecule has 2 aliphatic carbocycles. The second kappa shape index (κ2) is 6.83. The van der Waals surface area contributed by atoms with Gasteiger partial charge in [0.25, 0.3) is 0 Å². The molecule has 26 heavy (non-hydrogen) atoms. The summed E-state index contributed by atoms with van der Waals surface area (Å²) < 4.78 is 10.8. The van der Waals surface area contributed by atoms with Crippen LogP contribution in [0.1, 0.15) is 56.8 Å². The van der Waals surface area contributed by atoms with E-state index in [2.05, 4.69) is 0 Å². The average Bonchev–Trinajstić information content (AvgIpc) is 3.46. The number of esters is 2. The molecule has 0 bridgehead atoms. The van der Waals surface area contributed by atoms with Gasteiger partial charge in [-0.05, 0) is 49.3 Å². The fourth-order valence-corrected chi connectivity index (χ4v) is 2.42. The van der Waals surface area contributed by atoms with Gasteiger partial charge in [-0.25, -0.2) is 0 Å². The average molecular weight is 359 g/mol. The summed E-state index contributed by atoms with van der Waals surface area (Å²) in [7, 11) is 0. The van der Waals surface area contributed by atoms with Crippen molar-refractivity contribution in [2.45, 2.75) is 52.5 Å². The second-order valence-electron chi connectivity index (χ2n) is 8.26. The van der Waals surface area contributed by atoms with Gasteiger partial charge in [0.05, 0.1) is 17.9 Å². The van der Waals surface area contributed by atoms with E-state index in [1.165, 1.54) is 12.1 Å². The number of hydrogen-bond donors (Lipinski definition) is 1. The third-order valence-corrected chi connectivity index (χ3v) is 4.69. The number of carbonyl (C=O) groups is 3. The van der Waals surface area contributed by atoms with E-state index >= 15 is 0 Å². The highest BCUT2D eigenvalue weighted by Gasteiger charge is 2.35. The standard InChI is InChI=1S/C20H25NO5/c1-20(2,3)17(21)16(22)13-8-9-14(25-18(23)11-4-5-11)15(10-13)26-19(24)12-6-7-12/h8-12,17H,4-7,21H2,1-3H3. The molecule has 0 saturated heterocycles. The van der Waals surface area contributed by atoms with Crippen molar-refractivity contribution in [3.8, 4) is 11.5 Å². The Kier molecular flexibility index (Phi) is 4.88. The first-order valence-corrected chi connectivity index (χ1v) is 9.04. The molecule has 2 saturated carbocycles. The molecule has 0 heterocycles. The van der Waals surface area contributed by atoms with Gasteiger partial charge >= 0.3 is 11.9 Å². The van der Waals surface area contributed by atoms with E-state index in [1.807, 2.05) is 20.8 Å². The van der Waals surface area contributed by atoms with Crippen molar-refractivity contribution in [2.24, 2.45) is 23.0 Å². The van der Waals surface area contributed by atoms with Gasteiger partial charge in [0.1, 0.15) is 0 Å². The minimum absolute atomic E-state index is 0.0856. The van der Waals surface area contributed by atoms with Crippen LogP contribution in [-0.4, -0.2) is 23.8 Å². The van der Waals surface area contributed by atoms with Gasteiger partial charge < -0.3 is 15.2 Å². The van der Waals surface area contributed by atoms with Crippen LogP contribution in [0.3, 0.4) is 0 Å². The molecule has 1 atom stereocenters. The van der Waals surface area contributed by atoms with E-state index in [-0.39, 0.29) is 41.1 Å². The molecule has 2 N–H and O–H groups in total. The van der Waals surface area contributed by atoms with Crippen LogP contribution in [0.2, 0.25) is 0 Å². The normalized spacial score (nSPS) is 18.2. The maximum absolute atomic E-state index is 12.7. The molecular weight excluding hydrogens is 334 g/mol. The highest BCUT2D eigenvalue weighted by atomic mass is 16.6. The Morgan fingerprint density at radius 1 is 0.962 bits per heavy atom. The Morgan fingerprint density at radius 3 is 1.92 bits per heavy atom. The zero-order valence-corrected chi connectivity index (χ0v) is 15.4. The van der Waals surface area contributed by atoms with Crippen molar-refractivity contribution < 1.29 is 23.9 Å². The largest absolute Gasteiger partial charge is 0.422 e. The lowest BCUT2D eigenvalue weighted by Crippen LogP contribution is -2.42. The Hall–Kier alpha value is -2.21. The SMILES string of the molecule is CC(C)(C)C(N)C(=O)c1ccc(OC(=O)C2CC2)c(OC(=O)C2CC2)c1. The van der Waals surface area contributed by atoms with Crippen LogP contribution in [-0.2, 0) is 9.59 Å². The molecule has 0 aliphatic heterocycles. The molecule has 6 heteroatoms. The quantitative estimate of drug-likeness (QED) is 0.477. The molecule has 2 aliphatic rings. The summed E-state index contributed by atoms with van der Waals surface area (Å²) in [6.07, 6.45) is 3.22. The monoisotopic (exact) mass is 359 g/mol. The van der Waals surface area contributed by atoms with E-state index in [9.17, 15) is 14.4 Å². The molecule has 140 valence electrons. The first kappa shape index (κ1) is 18.6. The van der Waals surface area contributed by atoms with Crippen LogP contribution in [0.25, 0.3) is 0 Å². The third-order valence-electron chi connectivity index (χ3n) is 4.69. The van der Waals surface area contributed by atoms with Gasteiger partial charge in [-0.15, -0.1) is 0 Å². The smallest absolute Gasteiger partial charge is 0.314 e. The zero-order chi connectivity index (χ0) is 19.1. The van der Waals surface area contributed by atoms with E-state index in [0.717, 1.165) is 25.7 Å². The predicted octanol–water partition coefficient (Wildman–Crippen LogP) is 2.87. The number of carbonyl (C=O) groups excluding carboxylic acids is 3. The lowest BCUT2D eigenvalue weighted by atomic mass is 9.83. The van der Waals surface area contributed by atoms with E-state index < -0.39 is 11.5 Å². The molecule has 2 fully saturated rings. The molecule has 0 aromatic heterocycles. The zero-order valence-electron chi connectivity index (χ0n) is 15.4. The second-order valence-corrected chi connectivity index (χ2v) is 8.26. The molecule has 1 unspecified atom stereocenters. The molecule has 0 amide bonds. The number of ketones is 1. The topological polar surface area (TPSA) is 95.7 Å². The summed E-state index contributed by atoms with van der Waals surface area (Å²) in [4.78, 5) is 36.7. The van der Waals surface area contributed by atoms with Crippen molar-refractivity contribution in [2.75, 3.05) is 0 Å². The lowest BCUT2D eigenvalue weighted by molar-refractivity contribution is -0.138. The van der Waals surface area contributed by atoms with Crippen molar-refractivity contribution in [1.29, 1.82) is 0 Å². The van der Waals surface area contributed by atoms with Crippen LogP contribution in [0.15, 0.2) is 18.2 Å². The number of benzene rings is 1. The van der Waals surface area contributed by atoms with Crippen molar-refractivity contribution in [3.63, 3.8) is 0 Å². The Morgan fingerprint density at radius 2 is 1.46 bits per heavy atom. The molecule has 0 radical (unpaired) electrons. The van der Waals surface area contributed by atoms with Crippen LogP contribution in [0.5, 0.6) is 11.5 Å². The summed E-state index contributed by atoms with van der Waals surface area (Å²) in [5.74, 6) is -0.880. The minimum Gasteiger partial charge on any atom is -0.422 e. The fraction of sp³-hybridized carbons (Fsp3) is 0.550. The summed E-state index contributed by atoms with van der Waals surface area (Å²) in [6, 6.07) is 3.80. The van der Waals surface area contributed by atoms with Gasteiger partial charge in [0.2, 0.25) is 0 Å². The Balaban J connectivity index is 1.85. The van der Waals surface area contributed by atoms with Gasteiger partial charge in [-0.2, -0.15) is 0 Å². The number of ether oxygens (including phenoxy) is 2. The maximum Gasteiger partial charge on any atom is 0.314 e. The molecular formula is C20H25NO5. The van der Waals surface area contributed by atoms with E-state index in [1.54, 1.807) is 6.07 Å². The first-order chi connectivity index (χ1) is 12.2. The molecule has 6 nitrogen and oxygen atoms in total. The highest BCUT2D eigenvalue weighted by molar-refractivity contribution is 6.01. The third kappa shape index (κ3) is 4.30. The number of rotatable bonds is 6. The number of hydrogen-bond acceptors (Lipinski definition) is 6. The van der Waals surface area contributed by atoms with Crippen molar-refractivity contribution >= 4 is 17.7 Å². The van der Waals surface area contributed by atoms with Crippen LogP contribution in [0.4, 0.5) is 0 Å². The Bertz CT molecular complexity index is 741. The van der Waals surface area contributed by atoms with Crippen LogP contribution in [0, 0.1) is 17.3 Å². The van der Waals surface area contributed by atoms with Gasteiger partial charge in [-0.3, -0.25) is 14.4 Å². The van der Waals surface area contributed by atoms with Crippen molar-refractivity contribution in [3.05, 3.63) is 23.8 Å². The molecule has 1 aromatic carbocycles. The predicted molar refractivity (Wildman–Crippen MR) is 94.9 cm³/mol. The van der Waals surface area contributed by atoms with Gasteiger partial charge in [-0.1, -0.05) is 20.8 Å². The minimum atomic E-state index is -0.700. The lowest BCUT2D eigenvalue weighted by Gasteiger charge is -2.25. The maximum atomic E-state index is 12.7. The first-order valence-electron chi connectivity index (χ1n) is 9.04. The summed E-state index contributed by atoms with van der Waals surface area (Å²) in [6.45, 7) is 5.65. The van der Waals surface area contributed by atoms with E-state index in [0.29, 0.717) is 5.56 Å². The summed E-state index contributed by atoms with van der Waals surface area (Å²) in [5.41, 5.74) is 5.99. The summed E-state index contributed by atoms with van der Waals surface area (Å²) >= 11 is 0. The summed E-state index contributed by atoms with van der Waals surface area (Å²) in [5, 5.41) is 0. The van der Waals surface area contributed by atoms with Gasteiger partial charge in [0.15, 0.2) is 17.3 Å².